The number of carbonyl (C=O) groups excluding carboxylic acids is 1. The standard InChI is InChI=1S/C17H18Cl2N2O5S/c1-10(2)26-17(22)14-9-25-16(20-14)8-21(12-4-5-12)27(23,24)15-6-3-11(18)7-13(15)19/h3,6-7,9-10,12H,4-5,8H2,1-2H3. The molecule has 1 aromatic heterocycles. The predicted molar refractivity (Wildman–Crippen MR) is 99.3 cm³/mol. The molecule has 1 fully saturated rings. The molecule has 27 heavy (non-hydrogen) atoms. The Morgan fingerprint density at radius 3 is 2.67 bits per heavy atom. The minimum absolute atomic E-state index is 0.00336. The maximum Gasteiger partial charge on any atom is 0.360 e. The quantitative estimate of drug-likeness (QED) is 0.616. The van der Waals surface area contributed by atoms with Gasteiger partial charge in [-0.15, -0.1) is 0 Å². The second kappa shape index (κ2) is 7.79. The van der Waals surface area contributed by atoms with Gasteiger partial charge in [0, 0.05) is 11.1 Å². The molecule has 1 saturated carbocycles. The summed E-state index contributed by atoms with van der Waals surface area (Å²) in [7, 11) is -3.89. The third-order valence-corrected chi connectivity index (χ3v) is 6.45. The molecule has 3 rings (SSSR count). The molecule has 0 saturated heterocycles. The molecule has 7 nitrogen and oxygen atoms in total. The van der Waals surface area contributed by atoms with Crippen molar-refractivity contribution in [1.82, 2.24) is 9.29 Å². The van der Waals surface area contributed by atoms with Crippen LogP contribution >= 0.6 is 23.2 Å². The van der Waals surface area contributed by atoms with Crippen molar-refractivity contribution in [2.45, 2.75) is 50.3 Å². The molecule has 1 aromatic carbocycles. The zero-order valence-corrected chi connectivity index (χ0v) is 17.0. The second-order valence-electron chi connectivity index (χ2n) is 6.44. The summed E-state index contributed by atoms with van der Waals surface area (Å²) in [5.41, 5.74) is -0.00336. The lowest BCUT2D eigenvalue weighted by Gasteiger charge is -2.21. The smallest absolute Gasteiger partial charge is 0.360 e. The summed E-state index contributed by atoms with van der Waals surface area (Å²) in [6.07, 6.45) is 2.32. The van der Waals surface area contributed by atoms with Crippen molar-refractivity contribution in [2.75, 3.05) is 0 Å². The van der Waals surface area contributed by atoms with Gasteiger partial charge in [0.1, 0.15) is 11.2 Å². The molecule has 10 heteroatoms. The van der Waals surface area contributed by atoms with Crippen LogP contribution in [0.15, 0.2) is 33.8 Å². The van der Waals surface area contributed by atoms with Crippen LogP contribution in [0.5, 0.6) is 0 Å². The summed E-state index contributed by atoms with van der Waals surface area (Å²) in [6.45, 7) is 3.33. The summed E-state index contributed by atoms with van der Waals surface area (Å²) in [5, 5.41) is 0.389. The molecule has 0 bridgehead atoms. The fraction of sp³-hybridized carbons (Fsp3) is 0.412. The van der Waals surface area contributed by atoms with E-state index in [1.165, 1.54) is 22.5 Å². The van der Waals surface area contributed by atoms with Gasteiger partial charge in [-0.25, -0.2) is 18.2 Å². The molecule has 1 aliphatic carbocycles. The van der Waals surface area contributed by atoms with Crippen molar-refractivity contribution < 1.29 is 22.4 Å². The van der Waals surface area contributed by atoms with Gasteiger partial charge in [0.15, 0.2) is 5.69 Å². The Morgan fingerprint density at radius 2 is 2.07 bits per heavy atom. The van der Waals surface area contributed by atoms with Gasteiger partial charge in [0.2, 0.25) is 15.9 Å². The molecule has 0 atom stereocenters. The number of carbonyl (C=O) groups is 1. The molecular weight excluding hydrogens is 415 g/mol. The van der Waals surface area contributed by atoms with Crippen molar-refractivity contribution in [2.24, 2.45) is 0 Å². The number of hydrogen-bond donors (Lipinski definition) is 0. The van der Waals surface area contributed by atoms with Crippen LogP contribution in [0.25, 0.3) is 0 Å². The molecule has 0 spiro atoms. The van der Waals surface area contributed by atoms with E-state index in [4.69, 9.17) is 32.4 Å². The van der Waals surface area contributed by atoms with E-state index < -0.39 is 16.0 Å². The van der Waals surface area contributed by atoms with Crippen molar-refractivity contribution in [1.29, 1.82) is 0 Å². The minimum atomic E-state index is -3.89. The van der Waals surface area contributed by atoms with Crippen LogP contribution in [0, 0.1) is 0 Å². The van der Waals surface area contributed by atoms with Crippen molar-refractivity contribution in [3.63, 3.8) is 0 Å². The van der Waals surface area contributed by atoms with Crippen LogP contribution in [-0.2, 0) is 21.3 Å². The fourth-order valence-corrected chi connectivity index (χ4v) is 4.85. The highest BCUT2D eigenvalue weighted by Crippen LogP contribution is 2.36. The van der Waals surface area contributed by atoms with E-state index in [1.807, 2.05) is 0 Å². The van der Waals surface area contributed by atoms with E-state index in [0.717, 1.165) is 19.1 Å². The molecule has 146 valence electrons. The van der Waals surface area contributed by atoms with Gasteiger partial charge >= 0.3 is 5.97 Å². The van der Waals surface area contributed by atoms with Crippen molar-refractivity contribution in [3.05, 3.63) is 46.1 Å². The van der Waals surface area contributed by atoms with Crippen LogP contribution in [0.4, 0.5) is 0 Å². The first-order valence-corrected chi connectivity index (χ1v) is 10.5. The zero-order chi connectivity index (χ0) is 19.8. The van der Waals surface area contributed by atoms with Gasteiger partial charge < -0.3 is 9.15 Å². The third kappa shape index (κ3) is 4.63. The van der Waals surface area contributed by atoms with Crippen molar-refractivity contribution >= 4 is 39.2 Å². The first kappa shape index (κ1) is 20.1. The Labute approximate surface area is 167 Å². The lowest BCUT2D eigenvalue weighted by Crippen LogP contribution is -2.33. The third-order valence-electron chi connectivity index (χ3n) is 3.83. The molecule has 0 unspecified atom stereocenters. The van der Waals surface area contributed by atoms with E-state index in [1.54, 1.807) is 13.8 Å². The molecular formula is C17H18Cl2N2O5S. The number of rotatable bonds is 7. The van der Waals surface area contributed by atoms with Gasteiger partial charge in [0.25, 0.3) is 0 Å². The SMILES string of the molecule is CC(C)OC(=O)c1coc(CN(C2CC2)S(=O)(=O)c2ccc(Cl)cc2Cl)n1. The van der Waals surface area contributed by atoms with Crippen LogP contribution in [0.2, 0.25) is 10.0 Å². The van der Waals surface area contributed by atoms with Crippen molar-refractivity contribution in [3.8, 4) is 0 Å². The monoisotopic (exact) mass is 432 g/mol. The number of esters is 1. The summed E-state index contributed by atoms with van der Waals surface area (Å²) >= 11 is 11.9. The average molecular weight is 433 g/mol. The molecule has 2 aromatic rings. The van der Waals surface area contributed by atoms with Gasteiger partial charge in [-0.05, 0) is 44.9 Å². The number of ether oxygens (including phenoxy) is 1. The van der Waals surface area contributed by atoms with Gasteiger partial charge in [0.05, 0.1) is 17.7 Å². The number of nitrogens with zero attached hydrogens (tertiary/aromatic N) is 2. The number of oxazole rings is 1. The van der Waals surface area contributed by atoms with E-state index in [9.17, 15) is 13.2 Å². The fourth-order valence-electron chi connectivity index (χ4n) is 2.47. The molecule has 0 amide bonds. The normalized spacial score (nSPS) is 14.7. The summed E-state index contributed by atoms with van der Waals surface area (Å²) in [4.78, 5) is 15.9. The summed E-state index contributed by atoms with van der Waals surface area (Å²) in [5.74, 6) is -0.521. The molecule has 1 heterocycles. The Balaban J connectivity index is 1.85. The maximum atomic E-state index is 13.1. The molecule has 1 aliphatic rings. The lowest BCUT2D eigenvalue weighted by molar-refractivity contribution is 0.0370. The highest BCUT2D eigenvalue weighted by Gasteiger charge is 2.40. The lowest BCUT2D eigenvalue weighted by atomic mass is 10.4. The number of hydrogen-bond acceptors (Lipinski definition) is 6. The Hall–Kier alpha value is -1.61. The number of halogens is 2. The number of aromatic nitrogens is 1. The number of benzene rings is 1. The van der Waals surface area contributed by atoms with Crippen LogP contribution in [0.1, 0.15) is 43.1 Å². The van der Waals surface area contributed by atoms with Crippen LogP contribution < -0.4 is 0 Å². The Morgan fingerprint density at radius 1 is 1.37 bits per heavy atom. The maximum absolute atomic E-state index is 13.1. The number of sulfonamides is 1. The largest absolute Gasteiger partial charge is 0.458 e. The van der Waals surface area contributed by atoms with Gasteiger partial charge in [-0.1, -0.05) is 23.2 Å². The first-order valence-electron chi connectivity index (χ1n) is 8.30. The highest BCUT2D eigenvalue weighted by molar-refractivity contribution is 7.89. The molecule has 0 aliphatic heterocycles. The topological polar surface area (TPSA) is 89.7 Å². The zero-order valence-electron chi connectivity index (χ0n) is 14.7. The van der Waals surface area contributed by atoms with Crippen LogP contribution in [0.3, 0.4) is 0 Å². The van der Waals surface area contributed by atoms with E-state index in [0.29, 0.717) is 5.02 Å². The van der Waals surface area contributed by atoms with E-state index in [-0.39, 0.29) is 40.2 Å². The van der Waals surface area contributed by atoms with E-state index >= 15 is 0 Å². The predicted octanol–water partition coefficient (Wildman–Crippen LogP) is 3.90. The Kier molecular flexibility index (Phi) is 5.81. The van der Waals surface area contributed by atoms with Gasteiger partial charge in [-0.3, -0.25) is 0 Å². The first-order chi connectivity index (χ1) is 12.7. The van der Waals surface area contributed by atoms with Crippen LogP contribution in [-0.4, -0.2) is 35.8 Å². The molecule has 0 N–H and O–H groups in total. The summed E-state index contributed by atoms with van der Waals surface area (Å²) in [6, 6.07) is 4.05. The highest BCUT2D eigenvalue weighted by atomic mass is 35.5. The second-order valence-corrected chi connectivity index (χ2v) is 9.14. The Bertz CT molecular complexity index is 954. The van der Waals surface area contributed by atoms with Gasteiger partial charge in [-0.2, -0.15) is 4.31 Å². The summed E-state index contributed by atoms with van der Waals surface area (Å²) < 4.78 is 37.8. The minimum Gasteiger partial charge on any atom is -0.458 e. The average Bonchev–Trinajstić information content (AvgIpc) is 3.28. The van der Waals surface area contributed by atoms with E-state index in [2.05, 4.69) is 4.98 Å². The molecule has 0 radical (unpaired) electrons.